The second kappa shape index (κ2) is 6.56. The first-order chi connectivity index (χ1) is 10.0. The van der Waals surface area contributed by atoms with Crippen molar-refractivity contribution in [2.24, 2.45) is 0 Å². The molecule has 5 nitrogen and oxygen atoms in total. The first-order valence-corrected chi connectivity index (χ1v) is 7.16. The first kappa shape index (κ1) is 15.3. The van der Waals surface area contributed by atoms with Crippen LogP contribution < -0.4 is 10.2 Å². The molecule has 1 aromatic rings. The molecular weight excluding hydrogens is 273 g/mol. The number of nitrogens with one attached hydrogen (secondary N) is 1. The van der Waals surface area contributed by atoms with Crippen molar-refractivity contribution in [3.8, 4) is 0 Å². The Labute approximate surface area is 123 Å². The van der Waals surface area contributed by atoms with Crippen molar-refractivity contribution in [3.05, 3.63) is 30.1 Å². The van der Waals surface area contributed by atoms with Crippen LogP contribution in [-0.4, -0.2) is 42.5 Å². The van der Waals surface area contributed by atoms with Gasteiger partial charge in [-0.3, -0.25) is 4.79 Å². The zero-order chi connectivity index (χ0) is 15.4. The van der Waals surface area contributed by atoms with Crippen LogP contribution >= 0.6 is 0 Å². The average molecular weight is 293 g/mol. The topological polar surface area (TPSA) is 52.7 Å². The number of amides is 3. The van der Waals surface area contributed by atoms with Crippen molar-refractivity contribution < 1.29 is 14.0 Å². The van der Waals surface area contributed by atoms with E-state index in [0.717, 1.165) is 0 Å². The molecule has 1 aliphatic heterocycles. The molecule has 0 bridgehead atoms. The highest BCUT2D eigenvalue weighted by molar-refractivity contribution is 5.96. The summed E-state index contributed by atoms with van der Waals surface area (Å²) in [7, 11) is 0. The Balaban J connectivity index is 1.99. The second-order valence-corrected chi connectivity index (χ2v) is 5.00. The highest BCUT2D eigenvalue weighted by Gasteiger charge is 2.32. The van der Waals surface area contributed by atoms with Crippen LogP contribution in [0.3, 0.4) is 0 Å². The minimum absolute atomic E-state index is 0.0635. The van der Waals surface area contributed by atoms with Crippen molar-refractivity contribution in [2.45, 2.75) is 26.3 Å². The molecule has 1 saturated heterocycles. The Kier molecular flexibility index (Phi) is 4.77. The molecule has 1 atom stereocenters. The average Bonchev–Trinajstić information content (AvgIpc) is 2.81. The number of hydrogen-bond donors (Lipinski definition) is 1. The molecule has 21 heavy (non-hydrogen) atoms. The van der Waals surface area contributed by atoms with Gasteiger partial charge in [0.05, 0.1) is 6.04 Å². The molecule has 3 amide bonds. The summed E-state index contributed by atoms with van der Waals surface area (Å²) < 4.78 is 12.9. The van der Waals surface area contributed by atoms with Crippen LogP contribution in [0.2, 0.25) is 0 Å². The Morgan fingerprint density at radius 1 is 1.33 bits per heavy atom. The van der Waals surface area contributed by atoms with Gasteiger partial charge in [-0.05, 0) is 38.1 Å². The fourth-order valence-electron chi connectivity index (χ4n) is 2.45. The lowest BCUT2D eigenvalue weighted by Crippen LogP contribution is -2.45. The van der Waals surface area contributed by atoms with Crippen molar-refractivity contribution in [1.82, 2.24) is 10.2 Å². The van der Waals surface area contributed by atoms with Crippen LogP contribution in [0.4, 0.5) is 14.9 Å². The molecule has 6 heteroatoms. The molecule has 0 aliphatic carbocycles. The number of hydrogen-bond acceptors (Lipinski definition) is 2. The Bertz CT molecular complexity index is 514. The maximum Gasteiger partial charge on any atom is 0.317 e. The Hall–Kier alpha value is -2.11. The predicted molar refractivity (Wildman–Crippen MR) is 78.6 cm³/mol. The summed E-state index contributed by atoms with van der Waals surface area (Å²) in [5, 5.41) is 2.87. The van der Waals surface area contributed by atoms with E-state index in [-0.39, 0.29) is 30.2 Å². The van der Waals surface area contributed by atoms with Gasteiger partial charge in [0, 0.05) is 31.7 Å². The quantitative estimate of drug-likeness (QED) is 0.923. The molecule has 0 spiro atoms. The van der Waals surface area contributed by atoms with Gasteiger partial charge in [-0.25, -0.2) is 9.18 Å². The monoisotopic (exact) mass is 293 g/mol. The van der Waals surface area contributed by atoms with Gasteiger partial charge in [0.15, 0.2) is 0 Å². The highest BCUT2D eigenvalue weighted by Crippen LogP contribution is 2.21. The van der Waals surface area contributed by atoms with E-state index in [0.29, 0.717) is 25.3 Å². The number of nitrogens with zero attached hydrogens (tertiary/aromatic N) is 2. The van der Waals surface area contributed by atoms with E-state index in [4.69, 9.17) is 0 Å². The lowest BCUT2D eigenvalue weighted by atomic mass is 10.2. The van der Waals surface area contributed by atoms with Crippen molar-refractivity contribution >= 4 is 17.6 Å². The molecule has 114 valence electrons. The van der Waals surface area contributed by atoms with Gasteiger partial charge >= 0.3 is 6.03 Å². The number of benzene rings is 1. The van der Waals surface area contributed by atoms with E-state index in [9.17, 15) is 14.0 Å². The molecule has 1 fully saturated rings. The molecule has 2 rings (SSSR count). The third-order valence-corrected chi connectivity index (χ3v) is 3.64. The Morgan fingerprint density at radius 2 is 1.95 bits per heavy atom. The van der Waals surface area contributed by atoms with E-state index in [1.807, 2.05) is 13.8 Å². The molecule has 1 heterocycles. The van der Waals surface area contributed by atoms with E-state index < -0.39 is 0 Å². The first-order valence-electron chi connectivity index (χ1n) is 7.16. The molecule has 0 unspecified atom stereocenters. The van der Waals surface area contributed by atoms with E-state index in [1.54, 1.807) is 21.9 Å². The maximum absolute atomic E-state index is 12.9. The van der Waals surface area contributed by atoms with E-state index >= 15 is 0 Å². The van der Waals surface area contributed by atoms with Gasteiger partial charge in [-0.2, -0.15) is 0 Å². The summed E-state index contributed by atoms with van der Waals surface area (Å²) in [5.74, 6) is -0.400. The summed E-state index contributed by atoms with van der Waals surface area (Å²) in [5.41, 5.74) is 0.654. The molecule has 1 aromatic carbocycles. The normalized spacial score (nSPS) is 18.0. The molecule has 0 radical (unpaired) electrons. The summed E-state index contributed by atoms with van der Waals surface area (Å²) in [6.45, 7) is 5.49. The summed E-state index contributed by atoms with van der Waals surface area (Å²) in [4.78, 5) is 27.3. The fourth-order valence-corrected chi connectivity index (χ4v) is 2.45. The minimum Gasteiger partial charge on any atom is -0.333 e. The maximum atomic E-state index is 12.9. The van der Waals surface area contributed by atoms with Crippen LogP contribution in [0, 0.1) is 5.82 Å². The SMILES string of the molecule is CCN(CC)C(=O)N[C@@H]1CC(=O)N(c2ccc(F)cc2)C1. The summed E-state index contributed by atoms with van der Waals surface area (Å²) >= 11 is 0. The highest BCUT2D eigenvalue weighted by atomic mass is 19.1. The smallest absolute Gasteiger partial charge is 0.317 e. The summed E-state index contributed by atoms with van der Waals surface area (Å²) in [6.07, 6.45) is 0.268. The largest absolute Gasteiger partial charge is 0.333 e. The number of rotatable bonds is 4. The molecule has 1 N–H and O–H groups in total. The van der Waals surface area contributed by atoms with Crippen LogP contribution in [-0.2, 0) is 4.79 Å². The van der Waals surface area contributed by atoms with E-state index in [1.165, 1.54) is 12.1 Å². The molecule has 0 saturated carbocycles. The molecule has 1 aliphatic rings. The number of urea groups is 1. The number of carbonyl (C=O) groups excluding carboxylic acids is 2. The molecule has 0 aromatic heterocycles. The number of halogens is 1. The predicted octanol–water partition coefficient (Wildman–Crippen LogP) is 1.98. The summed E-state index contributed by atoms with van der Waals surface area (Å²) in [6, 6.07) is 5.42. The zero-order valence-corrected chi connectivity index (χ0v) is 12.3. The fraction of sp³-hybridized carbons (Fsp3) is 0.467. The van der Waals surface area contributed by atoms with Crippen molar-refractivity contribution in [1.29, 1.82) is 0 Å². The van der Waals surface area contributed by atoms with Gasteiger partial charge in [-0.15, -0.1) is 0 Å². The van der Waals surface area contributed by atoms with Crippen LogP contribution in [0.15, 0.2) is 24.3 Å². The minimum atomic E-state index is -0.336. The third-order valence-electron chi connectivity index (χ3n) is 3.64. The van der Waals surface area contributed by atoms with Gasteiger partial charge in [0.25, 0.3) is 0 Å². The second-order valence-electron chi connectivity index (χ2n) is 5.00. The van der Waals surface area contributed by atoms with Gasteiger partial charge < -0.3 is 15.1 Å². The van der Waals surface area contributed by atoms with Crippen molar-refractivity contribution in [3.63, 3.8) is 0 Å². The van der Waals surface area contributed by atoms with Crippen LogP contribution in [0.25, 0.3) is 0 Å². The van der Waals surface area contributed by atoms with Gasteiger partial charge in [0.1, 0.15) is 5.82 Å². The van der Waals surface area contributed by atoms with Crippen LogP contribution in [0.5, 0.6) is 0 Å². The standard InChI is InChI=1S/C15H20FN3O2/c1-3-18(4-2)15(21)17-12-9-14(20)19(10-12)13-7-5-11(16)6-8-13/h5-8,12H,3-4,9-10H2,1-2H3,(H,17,21)/t12-/m1/s1. The van der Waals surface area contributed by atoms with Crippen molar-refractivity contribution in [2.75, 3.05) is 24.5 Å². The number of carbonyl (C=O) groups is 2. The zero-order valence-electron chi connectivity index (χ0n) is 12.3. The van der Waals surface area contributed by atoms with Gasteiger partial charge in [-0.1, -0.05) is 0 Å². The number of anilines is 1. The Morgan fingerprint density at radius 3 is 2.52 bits per heavy atom. The van der Waals surface area contributed by atoms with Gasteiger partial charge in [0.2, 0.25) is 5.91 Å². The lowest BCUT2D eigenvalue weighted by Gasteiger charge is -2.22. The van der Waals surface area contributed by atoms with E-state index in [2.05, 4.69) is 5.32 Å². The van der Waals surface area contributed by atoms with Crippen LogP contribution in [0.1, 0.15) is 20.3 Å². The molecular formula is C15H20FN3O2. The lowest BCUT2D eigenvalue weighted by molar-refractivity contribution is -0.117. The third kappa shape index (κ3) is 3.51.